The van der Waals surface area contributed by atoms with Crippen molar-refractivity contribution in [2.45, 2.75) is 20.0 Å². The molecule has 176 valence electrons. The molecule has 0 bridgehead atoms. The number of methoxy groups -OCH3 is 1. The number of rotatable bonds is 10. The zero-order valence-electron chi connectivity index (χ0n) is 18.6. The van der Waals surface area contributed by atoms with Crippen LogP contribution in [0.2, 0.25) is 5.02 Å². The first-order valence-electron chi connectivity index (χ1n) is 9.95. The van der Waals surface area contributed by atoms with E-state index < -0.39 is 5.91 Å². The van der Waals surface area contributed by atoms with E-state index in [0.29, 0.717) is 36.0 Å². The summed E-state index contributed by atoms with van der Waals surface area (Å²) in [5.74, 6) is 0.182. The van der Waals surface area contributed by atoms with Crippen molar-refractivity contribution in [3.05, 3.63) is 64.5 Å². The standard InChI is InChI=1S/C23H26ClN3O5S/c1-5-33-23(25)27-22(29)16-10-17(31-14(2)3)13-18(11-16)32-20-7-6-15(12-19(20)24)21(28)26-8-9-30-4/h5-7,10-14H,1,8-9H2,2-4H3,(H,26,28)(H2,25,27,29). The van der Waals surface area contributed by atoms with Gasteiger partial charge >= 0.3 is 0 Å². The fourth-order valence-electron chi connectivity index (χ4n) is 2.59. The lowest BCUT2D eigenvalue weighted by Crippen LogP contribution is -2.26. The van der Waals surface area contributed by atoms with E-state index in [1.165, 1.54) is 17.5 Å². The Kier molecular flexibility index (Phi) is 10.2. The van der Waals surface area contributed by atoms with Crippen LogP contribution in [0.15, 0.2) is 53.4 Å². The molecule has 0 heterocycles. The molecule has 3 N–H and O–H groups in total. The molecule has 33 heavy (non-hydrogen) atoms. The van der Waals surface area contributed by atoms with Gasteiger partial charge in [0.25, 0.3) is 11.8 Å². The minimum Gasteiger partial charge on any atom is -0.491 e. The van der Waals surface area contributed by atoms with Crippen molar-refractivity contribution in [3.8, 4) is 17.2 Å². The second-order valence-corrected chi connectivity index (χ2v) is 8.29. The predicted molar refractivity (Wildman–Crippen MR) is 132 cm³/mol. The number of carbonyl (C=O) groups is 2. The van der Waals surface area contributed by atoms with E-state index >= 15 is 0 Å². The lowest BCUT2D eigenvalue weighted by Gasteiger charge is -2.14. The number of thioether (sulfide) groups is 1. The maximum Gasteiger partial charge on any atom is 0.279 e. The summed E-state index contributed by atoms with van der Waals surface area (Å²) in [4.78, 5) is 28.6. The zero-order chi connectivity index (χ0) is 24.4. The third-order valence-electron chi connectivity index (χ3n) is 3.93. The highest BCUT2D eigenvalue weighted by Crippen LogP contribution is 2.33. The van der Waals surface area contributed by atoms with Gasteiger partial charge in [-0.15, -0.1) is 0 Å². The van der Waals surface area contributed by atoms with E-state index in [1.807, 2.05) is 13.8 Å². The lowest BCUT2D eigenvalue weighted by molar-refractivity contribution is 0.0936. The summed E-state index contributed by atoms with van der Waals surface area (Å²) in [5.41, 5.74) is 6.30. The third kappa shape index (κ3) is 8.45. The molecule has 0 aliphatic heterocycles. The molecule has 0 aliphatic rings. The number of ether oxygens (including phenoxy) is 3. The van der Waals surface area contributed by atoms with E-state index in [9.17, 15) is 9.59 Å². The summed E-state index contributed by atoms with van der Waals surface area (Å²) < 4.78 is 16.5. The number of aliphatic imine (C=N–C) groups is 1. The molecule has 0 radical (unpaired) electrons. The first kappa shape index (κ1) is 26.2. The van der Waals surface area contributed by atoms with Gasteiger partial charge in [0, 0.05) is 30.8 Å². The van der Waals surface area contributed by atoms with Gasteiger partial charge in [-0.3, -0.25) is 9.59 Å². The number of nitrogens with one attached hydrogen (secondary N) is 1. The van der Waals surface area contributed by atoms with Crippen LogP contribution in [0.25, 0.3) is 0 Å². The molecule has 2 amide bonds. The van der Waals surface area contributed by atoms with Crippen LogP contribution in [0.3, 0.4) is 0 Å². The van der Waals surface area contributed by atoms with Crippen LogP contribution in [0, 0.1) is 0 Å². The average Bonchev–Trinajstić information content (AvgIpc) is 2.74. The highest BCUT2D eigenvalue weighted by atomic mass is 35.5. The van der Waals surface area contributed by atoms with E-state index in [4.69, 9.17) is 31.5 Å². The molecular formula is C23H26ClN3O5S. The van der Waals surface area contributed by atoms with Gasteiger partial charge in [0.15, 0.2) is 5.17 Å². The molecule has 2 aromatic carbocycles. The second kappa shape index (κ2) is 12.9. The number of halogens is 1. The second-order valence-electron chi connectivity index (χ2n) is 6.90. The van der Waals surface area contributed by atoms with E-state index in [-0.39, 0.29) is 27.8 Å². The molecule has 0 saturated heterocycles. The zero-order valence-corrected chi connectivity index (χ0v) is 20.2. The van der Waals surface area contributed by atoms with E-state index in [0.717, 1.165) is 11.8 Å². The molecule has 0 aromatic heterocycles. The Labute approximate surface area is 202 Å². The number of benzene rings is 2. The fourth-order valence-corrected chi connectivity index (χ4v) is 3.12. The summed E-state index contributed by atoms with van der Waals surface area (Å²) in [6, 6.07) is 9.34. The van der Waals surface area contributed by atoms with Crippen LogP contribution in [-0.4, -0.2) is 43.3 Å². The van der Waals surface area contributed by atoms with Crippen LogP contribution in [0.5, 0.6) is 17.2 Å². The van der Waals surface area contributed by atoms with Gasteiger partial charge in [-0.25, -0.2) is 0 Å². The van der Waals surface area contributed by atoms with Crippen molar-refractivity contribution in [2.24, 2.45) is 10.7 Å². The number of nitrogens with zero attached hydrogens (tertiary/aromatic N) is 1. The van der Waals surface area contributed by atoms with Gasteiger partial charge in [0.05, 0.1) is 17.7 Å². The molecule has 0 unspecified atom stereocenters. The Hall–Kier alpha value is -3.01. The molecule has 2 aromatic rings. The van der Waals surface area contributed by atoms with E-state index in [1.54, 1.807) is 31.4 Å². The van der Waals surface area contributed by atoms with Crippen LogP contribution in [-0.2, 0) is 4.74 Å². The van der Waals surface area contributed by atoms with Gasteiger partial charge in [-0.05, 0) is 49.6 Å². The Balaban J connectivity index is 2.30. The van der Waals surface area contributed by atoms with Crippen molar-refractivity contribution in [1.29, 1.82) is 0 Å². The monoisotopic (exact) mass is 491 g/mol. The summed E-state index contributed by atoms with van der Waals surface area (Å²) in [7, 11) is 1.55. The SMILES string of the molecule is C=CSC(N)=NC(=O)c1cc(Oc2ccc(C(=O)NCCOC)cc2Cl)cc(OC(C)C)c1. The van der Waals surface area contributed by atoms with Crippen molar-refractivity contribution in [3.63, 3.8) is 0 Å². The smallest absolute Gasteiger partial charge is 0.279 e. The molecule has 0 spiro atoms. The normalized spacial score (nSPS) is 11.2. The maximum absolute atomic E-state index is 12.6. The van der Waals surface area contributed by atoms with Crippen LogP contribution < -0.4 is 20.5 Å². The number of hydrogen-bond acceptors (Lipinski definition) is 6. The number of amides is 2. The maximum atomic E-state index is 12.6. The van der Waals surface area contributed by atoms with Gasteiger partial charge in [0.2, 0.25) is 0 Å². The summed E-state index contributed by atoms with van der Waals surface area (Å²) in [6.45, 7) is 8.04. The number of hydrogen-bond donors (Lipinski definition) is 2. The van der Waals surface area contributed by atoms with Crippen LogP contribution >= 0.6 is 23.4 Å². The van der Waals surface area contributed by atoms with Crippen LogP contribution in [0.1, 0.15) is 34.6 Å². The Bertz CT molecular complexity index is 1040. The minimum atomic E-state index is -0.560. The number of nitrogens with two attached hydrogens (primary N) is 1. The summed E-state index contributed by atoms with van der Waals surface area (Å²) >= 11 is 7.38. The molecule has 0 fully saturated rings. The van der Waals surface area contributed by atoms with Crippen molar-refractivity contribution in [1.82, 2.24) is 5.32 Å². The van der Waals surface area contributed by atoms with E-state index in [2.05, 4.69) is 16.9 Å². The molecule has 0 aliphatic carbocycles. The van der Waals surface area contributed by atoms with Crippen molar-refractivity contribution >= 4 is 40.3 Å². The molecule has 8 nitrogen and oxygen atoms in total. The van der Waals surface area contributed by atoms with Crippen molar-refractivity contribution < 1.29 is 23.8 Å². The number of carbonyl (C=O) groups excluding carboxylic acids is 2. The van der Waals surface area contributed by atoms with Gasteiger partial charge in [0.1, 0.15) is 17.2 Å². The molecular weight excluding hydrogens is 466 g/mol. The average molecular weight is 492 g/mol. The van der Waals surface area contributed by atoms with Crippen molar-refractivity contribution in [2.75, 3.05) is 20.3 Å². The fraction of sp³-hybridized carbons (Fsp3) is 0.261. The Morgan fingerprint density at radius 1 is 1.21 bits per heavy atom. The first-order valence-corrected chi connectivity index (χ1v) is 11.2. The van der Waals surface area contributed by atoms with Crippen LogP contribution in [0.4, 0.5) is 0 Å². The molecule has 0 atom stereocenters. The van der Waals surface area contributed by atoms with Gasteiger partial charge in [-0.2, -0.15) is 4.99 Å². The topological polar surface area (TPSA) is 112 Å². The number of amidine groups is 1. The molecule has 0 saturated carbocycles. The highest BCUT2D eigenvalue weighted by molar-refractivity contribution is 8.16. The van der Waals surface area contributed by atoms with Gasteiger partial charge in [-0.1, -0.05) is 29.9 Å². The quantitative estimate of drug-likeness (QED) is 0.283. The van der Waals surface area contributed by atoms with Gasteiger partial charge < -0.3 is 25.3 Å². The predicted octanol–water partition coefficient (Wildman–Crippen LogP) is 4.63. The minimum absolute atomic E-state index is 0.0649. The molecule has 10 heteroatoms. The largest absolute Gasteiger partial charge is 0.491 e. The summed E-state index contributed by atoms with van der Waals surface area (Å²) in [6.07, 6.45) is -0.132. The Morgan fingerprint density at radius 3 is 2.58 bits per heavy atom. The molecule has 2 rings (SSSR count). The Morgan fingerprint density at radius 2 is 1.94 bits per heavy atom. The summed E-state index contributed by atoms with van der Waals surface area (Å²) in [5, 5.41) is 4.48. The lowest BCUT2D eigenvalue weighted by atomic mass is 10.1. The highest BCUT2D eigenvalue weighted by Gasteiger charge is 2.14. The third-order valence-corrected chi connectivity index (χ3v) is 4.72. The first-order chi connectivity index (χ1) is 15.7.